The molecule has 0 fully saturated rings. The second kappa shape index (κ2) is 7.31. The highest BCUT2D eigenvalue weighted by molar-refractivity contribution is 9.10. The number of hydrogen-bond acceptors (Lipinski definition) is 4. The lowest BCUT2D eigenvalue weighted by molar-refractivity contribution is 0.101. The van der Waals surface area contributed by atoms with Crippen LogP contribution in [0.5, 0.6) is 11.6 Å². The van der Waals surface area contributed by atoms with E-state index in [1.165, 1.54) is 25.4 Å². The van der Waals surface area contributed by atoms with Crippen LogP contribution in [-0.2, 0) is 0 Å². The third kappa shape index (κ3) is 4.33. The topological polar surface area (TPSA) is 84.1 Å². The minimum Gasteiger partial charge on any atom is -0.439 e. The number of ketones is 1. The average molecular weight is 400 g/mol. The van der Waals surface area contributed by atoms with Gasteiger partial charge in [-0.05, 0) is 37.3 Å². The number of amides is 1. The molecular weight excluding hydrogens is 386 g/mol. The van der Waals surface area contributed by atoms with Gasteiger partial charge in [0, 0.05) is 22.3 Å². The van der Waals surface area contributed by atoms with Gasteiger partial charge in [-0.3, -0.25) is 9.59 Å². The number of anilines is 1. The minimum atomic E-state index is -0.352. The van der Waals surface area contributed by atoms with Gasteiger partial charge in [-0.1, -0.05) is 22.0 Å². The van der Waals surface area contributed by atoms with Gasteiger partial charge in [-0.15, -0.1) is 0 Å². The SMILES string of the molecule is CC(=O)c1c[nH]c(C(=O)Nc2ccc(Oc3cccc(Br)c3)nc2)c1. The lowest BCUT2D eigenvalue weighted by Gasteiger charge is -2.07. The molecule has 2 heterocycles. The molecule has 7 heteroatoms. The number of hydrogen-bond donors (Lipinski definition) is 2. The Labute approximate surface area is 152 Å². The first-order chi connectivity index (χ1) is 12.0. The average Bonchev–Trinajstić information content (AvgIpc) is 3.07. The van der Waals surface area contributed by atoms with Crippen molar-refractivity contribution in [2.75, 3.05) is 5.32 Å². The van der Waals surface area contributed by atoms with E-state index in [2.05, 4.69) is 31.2 Å². The quantitative estimate of drug-likeness (QED) is 0.621. The molecule has 0 saturated carbocycles. The van der Waals surface area contributed by atoms with Crippen LogP contribution in [0.15, 0.2) is 59.3 Å². The van der Waals surface area contributed by atoms with E-state index in [1.807, 2.05) is 24.3 Å². The van der Waals surface area contributed by atoms with Crippen LogP contribution >= 0.6 is 15.9 Å². The molecule has 0 spiro atoms. The Kier molecular flexibility index (Phi) is 4.95. The highest BCUT2D eigenvalue weighted by Gasteiger charge is 2.11. The van der Waals surface area contributed by atoms with Gasteiger partial charge in [0.25, 0.3) is 5.91 Å². The molecule has 0 aliphatic carbocycles. The molecule has 126 valence electrons. The normalized spacial score (nSPS) is 10.3. The summed E-state index contributed by atoms with van der Waals surface area (Å²) in [4.78, 5) is 30.4. The molecule has 25 heavy (non-hydrogen) atoms. The van der Waals surface area contributed by atoms with Gasteiger partial charge in [0.2, 0.25) is 5.88 Å². The van der Waals surface area contributed by atoms with E-state index in [1.54, 1.807) is 12.1 Å². The molecule has 0 bridgehead atoms. The summed E-state index contributed by atoms with van der Waals surface area (Å²) < 4.78 is 6.54. The summed E-state index contributed by atoms with van der Waals surface area (Å²) in [6.45, 7) is 1.44. The van der Waals surface area contributed by atoms with Crippen molar-refractivity contribution in [1.29, 1.82) is 0 Å². The van der Waals surface area contributed by atoms with Crippen LogP contribution in [0, 0.1) is 0 Å². The van der Waals surface area contributed by atoms with Crippen LogP contribution in [0.4, 0.5) is 5.69 Å². The molecule has 3 aromatic rings. The van der Waals surface area contributed by atoms with Crippen molar-refractivity contribution >= 4 is 33.3 Å². The van der Waals surface area contributed by atoms with Gasteiger partial charge in [0.05, 0.1) is 11.9 Å². The summed E-state index contributed by atoms with van der Waals surface area (Å²) >= 11 is 3.38. The van der Waals surface area contributed by atoms with E-state index in [-0.39, 0.29) is 11.7 Å². The van der Waals surface area contributed by atoms with Crippen LogP contribution < -0.4 is 10.1 Å². The maximum Gasteiger partial charge on any atom is 0.272 e. The number of Topliss-reactive ketones (excluding diaryl/α,β-unsaturated/α-hetero) is 1. The zero-order chi connectivity index (χ0) is 17.8. The number of halogens is 1. The van der Waals surface area contributed by atoms with Gasteiger partial charge >= 0.3 is 0 Å². The summed E-state index contributed by atoms with van der Waals surface area (Å²) in [6, 6.07) is 12.3. The summed E-state index contributed by atoms with van der Waals surface area (Å²) in [6.07, 6.45) is 3.00. The van der Waals surface area contributed by atoms with Crippen LogP contribution in [0.2, 0.25) is 0 Å². The lowest BCUT2D eigenvalue weighted by Crippen LogP contribution is -2.12. The highest BCUT2D eigenvalue weighted by Crippen LogP contribution is 2.23. The zero-order valence-corrected chi connectivity index (χ0v) is 14.8. The van der Waals surface area contributed by atoms with E-state index < -0.39 is 0 Å². The molecule has 2 N–H and O–H groups in total. The predicted octanol–water partition coefficient (Wildman–Crippen LogP) is 4.42. The summed E-state index contributed by atoms with van der Waals surface area (Å²) in [5.74, 6) is 0.609. The fourth-order valence-corrected chi connectivity index (χ4v) is 2.47. The number of aromatic nitrogens is 2. The van der Waals surface area contributed by atoms with E-state index in [9.17, 15) is 9.59 Å². The largest absolute Gasteiger partial charge is 0.439 e. The number of aromatic amines is 1. The number of rotatable bonds is 5. The molecule has 0 unspecified atom stereocenters. The first-order valence-electron chi connectivity index (χ1n) is 7.41. The van der Waals surface area contributed by atoms with Crippen LogP contribution in [-0.4, -0.2) is 21.7 Å². The van der Waals surface area contributed by atoms with E-state index >= 15 is 0 Å². The van der Waals surface area contributed by atoms with Crippen molar-refractivity contribution in [3.8, 4) is 11.6 Å². The molecule has 0 radical (unpaired) electrons. The van der Waals surface area contributed by atoms with Crippen LogP contribution in [0.25, 0.3) is 0 Å². The number of H-pyrrole nitrogens is 1. The Morgan fingerprint density at radius 1 is 1.20 bits per heavy atom. The van der Waals surface area contributed by atoms with Gasteiger partial charge in [-0.25, -0.2) is 4.98 Å². The minimum absolute atomic E-state index is 0.106. The smallest absolute Gasteiger partial charge is 0.272 e. The molecule has 6 nitrogen and oxygen atoms in total. The van der Waals surface area contributed by atoms with Crippen molar-refractivity contribution in [2.45, 2.75) is 6.92 Å². The highest BCUT2D eigenvalue weighted by atomic mass is 79.9. The first kappa shape index (κ1) is 16.9. The van der Waals surface area contributed by atoms with Crippen molar-refractivity contribution in [1.82, 2.24) is 9.97 Å². The number of ether oxygens (including phenoxy) is 1. The van der Waals surface area contributed by atoms with Crippen LogP contribution in [0.1, 0.15) is 27.8 Å². The Morgan fingerprint density at radius 2 is 2.04 bits per heavy atom. The molecule has 0 aliphatic rings. The van der Waals surface area contributed by atoms with Gasteiger partial charge in [0.15, 0.2) is 5.78 Å². The Hall–Kier alpha value is -2.93. The van der Waals surface area contributed by atoms with Crippen molar-refractivity contribution in [3.63, 3.8) is 0 Å². The number of nitrogens with one attached hydrogen (secondary N) is 2. The Balaban J connectivity index is 1.65. The molecule has 1 amide bonds. The van der Waals surface area contributed by atoms with Crippen LogP contribution in [0.3, 0.4) is 0 Å². The molecular formula is C18H14BrN3O3. The van der Waals surface area contributed by atoms with Crippen molar-refractivity contribution in [2.24, 2.45) is 0 Å². The number of nitrogens with zero attached hydrogens (tertiary/aromatic N) is 1. The van der Waals surface area contributed by atoms with Gasteiger partial charge in [-0.2, -0.15) is 0 Å². The number of carbonyl (C=O) groups is 2. The van der Waals surface area contributed by atoms with E-state index in [0.717, 1.165) is 4.47 Å². The number of pyridine rings is 1. The van der Waals surface area contributed by atoms with Gasteiger partial charge in [0.1, 0.15) is 11.4 Å². The van der Waals surface area contributed by atoms with E-state index in [4.69, 9.17) is 4.74 Å². The molecule has 0 saturated heterocycles. The summed E-state index contributed by atoms with van der Waals surface area (Å²) in [7, 11) is 0. The fraction of sp³-hybridized carbons (Fsp3) is 0.0556. The molecule has 0 aliphatic heterocycles. The molecule has 1 aromatic carbocycles. The third-order valence-electron chi connectivity index (χ3n) is 3.35. The Bertz CT molecular complexity index is 919. The van der Waals surface area contributed by atoms with Gasteiger partial charge < -0.3 is 15.0 Å². The second-order valence-electron chi connectivity index (χ2n) is 5.26. The molecule has 3 rings (SSSR count). The third-order valence-corrected chi connectivity index (χ3v) is 3.84. The molecule has 0 atom stereocenters. The maximum atomic E-state index is 12.1. The second-order valence-corrected chi connectivity index (χ2v) is 6.17. The van der Waals surface area contributed by atoms with E-state index in [0.29, 0.717) is 28.6 Å². The maximum absolute atomic E-state index is 12.1. The molecule has 2 aromatic heterocycles. The zero-order valence-electron chi connectivity index (χ0n) is 13.2. The predicted molar refractivity (Wildman–Crippen MR) is 97.2 cm³/mol. The van der Waals surface area contributed by atoms with Crippen molar-refractivity contribution in [3.05, 3.63) is 70.6 Å². The fourth-order valence-electron chi connectivity index (χ4n) is 2.09. The lowest BCUT2D eigenvalue weighted by atomic mass is 10.2. The summed E-state index contributed by atoms with van der Waals surface area (Å²) in [5, 5.41) is 2.70. The van der Waals surface area contributed by atoms with Crippen molar-refractivity contribution < 1.29 is 14.3 Å². The first-order valence-corrected chi connectivity index (χ1v) is 8.21. The number of carbonyl (C=O) groups excluding carboxylic acids is 2. The standard InChI is InChI=1S/C18H14BrN3O3/c1-11(23)12-7-16(20-9-12)18(24)22-14-5-6-17(21-10-14)25-15-4-2-3-13(19)8-15/h2-10,20H,1H3,(H,22,24). The summed E-state index contributed by atoms with van der Waals surface area (Å²) in [5.41, 5.74) is 1.28. The Morgan fingerprint density at radius 3 is 2.68 bits per heavy atom. The monoisotopic (exact) mass is 399 g/mol. The number of benzene rings is 1.